The highest BCUT2D eigenvalue weighted by Gasteiger charge is 2.51. The number of hydrogen-bond acceptors (Lipinski definition) is 3. The summed E-state index contributed by atoms with van der Waals surface area (Å²) >= 11 is 0. The number of benzene rings is 2. The van der Waals surface area contributed by atoms with Crippen LogP contribution < -0.4 is 0 Å². The summed E-state index contributed by atoms with van der Waals surface area (Å²) in [5.41, 5.74) is -2.12. The topological polar surface area (TPSA) is 49.8 Å². The summed E-state index contributed by atoms with van der Waals surface area (Å²) in [6.07, 6.45) is 0.267. The van der Waals surface area contributed by atoms with Crippen LogP contribution >= 0.6 is 0 Å². The predicted molar refractivity (Wildman–Crippen MR) is 119 cm³/mol. The number of amides is 1. The molecule has 2 aliphatic carbocycles. The Balaban J connectivity index is 1.50. The summed E-state index contributed by atoms with van der Waals surface area (Å²) in [5.74, 6) is -0.162. The van der Waals surface area contributed by atoms with Gasteiger partial charge in [0.2, 0.25) is 0 Å². The Labute approximate surface area is 192 Å². The standard InChI is InChI=1S/C26H30F3NO3/c1-24(32,26(27,28)29)19-10-8-18(9-11-19)23(31)30(21-12-13-21)22-14-16-25(33-2,17-15-22)20-6-4-3-5-7-20/h3-11,21-22,32H,12-17H2,1-2H3/t22?,24-,25?/m0/s1. The van der Waals surface area contributed by atoms with E-state index in [0.717, 1.165) is 51.0 Å². The molecule has 1 atom stereocenters. The molecule has 4 rings (SSSR count). The number of carbonyl (C=O) groups is 1. The lowest BCUT2D eigenvalue weighted by Gasteiger charge is -2.43. The van der Waals surface area contributed by atoms with Crippen LogP contribution in [0.2, 0.25) is 0 Å². The lowest BCUT2D eigenvalue weighted by atomic mass is 9.77. The van der Waals surface area contributed by atoms with Crippen LogP contribution in [0.3, 0.4) is 0 Å². The number of methoxy groups -OCH3 is 1. The van der Waals surface area contributed by atoms with Crippen molar-refractivity contribution in [1.82, 2.24) is 4.90 Å². The second-order valence-corrected chi connectivity index (χ2v) is 9.39. The van der Waals surface area contributed by atoms with Gasteiger partial charge < -0.3 is 14.7 Å². The van der Waals surface area contributed by atoms with Crippen molar-refractivity contribution in [3.05, 3.63) is 71.3 Å². The van der Waals surface area contributed by atoms with Crippen molar-refractivity contribution < 1.29 is 27.8 Å². The molecule has 2 aromatic carbocycles. The SMILES string of the molecule is COC1(c2ccccc2)CCC(N(C(=O)c2ccc([C@](C)(O)C(F)(F)F)cc2)C2CC2)CC1. The average molecular weight is 462 g/mol. The van der Waals surface area contributed by atoms with E-state index in [1.807, 2.05) is 23.1 Å². The van der Waals surface area contributed by atoms with Crippen molar-refractivity contribution >= 4 is 5.91 Å². The van der Waals surface area contributed by atoms with E-state index in [1.54, 1.807) is 7.11 Å². The van der Waals surface area contributed by atoms with Gasteiger partial charge in [-0.15, -0.1) is 0 Å². The first-order chi connectivity index (χ1) is 15.6. The predicted octanol–water partition coefficient (Wildman–Crippen LogP) is 5.55. The molecular formula is C26H30F3NO3. The first kappa shape index (κ1) is 23.8. The summed E-state index contributed by atoms with van der Waals surface area (Å²) in [4.78, 5) is 15.3. The molecule has 0 aromatic heterocycles. The van der Waals surface area contributed by atoms with Gasteiger partial charge in [-0.2, -0.15) is 13.2 Å². The highest BCUT2D eigenvalue weighted by atomic mass is 19.4. The van der Waals surface area contributed by atoms with E-state index in [-0.39, 0.29) is 29.2 Å². The number of ether oxygens (including phenoxy) is 1. The molecule has 0 spiro atoms. The molecule has 0 heterocycles. The van der Waals surface area contributed by atoms with Crippen LogP contribution in [0.25, 0.3) is 0 Å². The molecular weight excluding hydrogens is 431 g/mol. The first-order valence-corrected chi connectivity index (χ1v) is 11.4. The average Bonchev–Trinajstić information content (AvgIpc) is 3.65. The molecule has 0 aliphatic heterocycles. The minimum absolute atomic E-state index is 0.0648. The maximum atomic E-state index is 13.4. The highest BCUT2D eigenvalue weighted by Crippen LogP contribution is 2.44. The summed E-state index contributed by atoms with van der Waals surface area (Å²) in [6, 6.07) is 15.5. The number of nitrogens with zero attached hydrogens (tertiary/aromatic N) is 1. The first-order valence-electron chi connectivity index (χ1n) is 11.4. The van der Waals surface area contributed by atoms with E-state index in [2.05, 4.69) is 12.1 Å². The van der Waals surface area contributed by atoms with Gasteiger partial charge in [-0.05, 0) is 68.7 Å². The Morgan fingerprint density at radius 3 is 2.00 bits per heavy atom. The molecule has 33 heavy (non-hydrogen) atoms. The molecule has 2 saturated carbocycles. The minimum Gasteiger partial charge on any atom is -0.376 e. The fraction of sp³-hybridized carbons (Fsp3) is 0.500. The van der Waals surface area contributed by atoms with Gasteiger partial charge in [-0.1, -0.05) is 42.5 Å². The van der Waals surface area contributed by atoms with Crippen molar-refractivity contribution in [2.24, 2.45) is 0 Å². The van der Waals surface area contributed by atoms with Gasteiger partial charge in [-0.25, -0.2) is 0 Å². The molecule has 1 N–H and O–H groups in total. The van der Waals surface area contributed by atoms with Gasteiger partial charge in [0.15, 0.2) is 5.60 Å². The normalized spacial score (nSPS) is 25.3. The molecule has 0 radical (unpaired) electrons. The van der Waals surface area contributed by atoms with Crippen LogP contribution in [-0.4, -0.2) is 41.3 Å². The lowest BCUT2D eigenvalue weighted by molar-refractivity contribution is -0.258. The molecule has 178 valence electrons. The number of alkyl halides is 3. The maximum Gasteiger partial charge on any atom is 0.421 e. The third kappa shape index (κ3) is 4.53. The molecule has 0 bridgehead atoms. The Morgan fingerprint density at radius 2 is 1.52 bits per heavy atom. The number of aliphatic hydroxyl groups is 1. The van der Waals surface area contributed by atoms with Gasteiger partial charge in [0.05, 0.1) is 5.60 Å². The van der Waals surface area contributed by atoms with Crippen LogP contribution in [0.15, 0.2) is 54.6 Å². The van der Waals surface area contributed by atoms with Crippen molar-refractivity contribution in [3.8, 4) is 0 Å². The van der Waals surface area contributed by atoms with Crippen molar-refractivity contribution in [1.29, 1.82) is 0 Å². The van der Waals surface area contributed by atoms with Crippen molar-refractivity contribution in [3.63, 3.8) is 0 Å². The summed E-state index contributed by atoms with van der Waals surface area (Å²) in [5, 5.41) is 9.90. The summed E-state index contributed by atoms with van der Waals surface area (Å²) in [7, 11) is 1.73. The van der Waals surface area contributed by atoms with Crippen LogP contribution in [0.5, 0.6) is 0 Å². The van der Waals surface area contributed by atoms with E-state index in [1.165, 1.54) is 24.3 Å². The van der Waals surface area contributed by atoms with E-state index in [4.69, 9.17) is 4.74 Å². The van der Waals surface area contributed by atoms with Crippen LogP contribution in [0, 0.1) is 0 Å². The van der Waals surface area contributed by atoms with E-state index in [0.29, 0.717) is 5.56 Å². The molecule has 0 unspecified atom stereocenters. The second kappa shape index (κ2) is 8.76. The lowest BCUT2D eigenvalue weighted by Crippen LogP contribution is -2.47. The number of rotatable bonds is 6. The summed E-state index contributed by atoms with van der Waals surface area (Å²) < 4.78 is 45.4. The van der Waals surface area contributed by atoms with Crippen LogP contribution in [0.4, 0.5) is 13.2 Å². The van der Waals surface area contributed by atoms with Gasteiger partial charge >= 0.3 is 6.18 Å². The largest absolute Gasteiger partial charge is 0.421 e. The highest BCUT2D eigenvalue weighted by molar-refractivity contribution is 5.95. The number of carbonyl (C=O) groups excluding carboxylic acids is 1. The van der Waals surface area contributed by atoms with E-state index in [9.17, 15) is 23.1 Å². The van der Waals surface area contributed by atoms with E-state index >= 15 is 0 Å². The van der Waals surface area contributed by atoms with Gasteiger partial charge in [0.1, 0.15) is 0 Å². The molecule has 0 saturated heterocycles. The molecule has 7 heteroatoms. The fourth-order valence-corrected chi connectivity index (χ4v) is 4.93. The Hall–Kier alpha value is -2.38. The van der Waals surface area contributed by atoms with Gasteiger partial charge in [0, 0.05) is 24.8 Å². The van der Waals surface area contributed by atoms with Crippen LogP contribution in [0.1, 0.15) is 66.9 Å². The van der Waals surface area contributed by atoms with Crippen molar-refractivity contribution in [2.45, 2.75) is 74.9 Å². The zero-order valence-electron chi connectivity index (χ0n) is 18.9. The summed E-state index contributed by atoms with van der Waals surface area (Å²) in [6.45, 7) is 0.719. The number of halogens is 3. The molecule has 2 aromatic rings. The minimum atomic E-state index is -4.80. The zero-order valence-corrected chi connectivity index (χ0v) is 18.9. The van der Waals surface area contributed by atoms with Crippen LogP contribution in [-0.2, 0) is 15.9 Å². The molecule has 2 fully saturated rings. The second-order valence-electron chi connectivity index (χ2n) is 9.39. The van der Waals surface area contributed by atoms with Gasteiger partial charge in [-0.3, -0.25) is 4.79 Å². The Bertz CT molecular complexity index is 961. The maximum absolute atomic E-state index is 13.4. The Morgan fingerprint density at radius 1 is 0.970 bits per heavy atom. The van der Waals surface area contributed by atoms with Crippen molar-refractivity contribution in [2.75, 3.05) is 7.11 Å². The fourth-order valence-electron chi connectivity index (χ4n) is 4.93. The van der Waals surface area contributed by atoms with Gasteiger partial charge in [0.25, 0.3) is 5.91 Å². The quantitative estimate of drug-likeness (QED) is 0.614. The smallest absolute Gasteiger partial charge is 0.376 e. The molecule has 2 aliphatic rings. The third-order valence-corrected chi connectivity index (χ3v) is 7.27. The third-order valence-electron chi connectivity index (χ3n) is 7.27. The number of hydrogen-bond donors (Lipinski definition) is 1. The zero-order chi connectivity index (χ0) is 23.9. The van der Waals surface area contributed by atoms with E-state index < -0.39 is 11.8 Å². The monoisotopic (exact) mass is 461 g/mol. The molecule has 4 nitrogen and oxygen atoms in total. The Kier molecular flexibility index (Phi) is 6.31. The molecule has 1 amide bonds.